The minimum Gasteiger partial charge on any atom is -0.381 e. The van der Waals surface area contributed by atoms with Gasteiger partial charge in [-0.3, -0.25) is 10.2 Å². The molecule has 4 rings (SSSR count). The first-order valence-corrected chi connectivity index (χ1v) is 12.0. The third-order valence-electron chi connectivity index (χ3n) is 6.23. The average molecular weight is 491 g/mol. The molecule has 1 aliphatic heterocycles. The van der Waals surface area contributed by atoms with E-state index in [0.717, 1.165) is 42.7 Å². The first kappa shape index (κ1) is 24.7. The van der Waals surface area contributed by atoms with Gasteiger partial charge in [0.25, 0.3) is 5.91 Å². The molecule has 0 aliphatic carbocycles. The quantitative estimate of drug-likeness (QED) is 0.205. The second-order valence-electron chi connectivity index (χ2n) is 8.77. The van der Waals surface area contributed by atoms with E-state index in [9.17, 15) is 4.79 Å². The van der Waals surface area contributed by atoms with Crippen LogP contribution in [0, 0.1) is 5.41 Å². The number of anilines is 2. The maximum Gasteiger partial charge on any atom is 0.253 e. The van der Waals surface area contributed by atoms with Crippen LogP contribution in [0.25, 0.3) is 0 Å². The Kier molecular flexibility index (Phi) is 8.02. The SMILES string of the molecule is CN1CCc2ccc(NCc3cccc(CNC(=O)c4ccc(N(C=N)CN)cc4Cl)c3)cc2C1. The van der Waals surface area contributed by atoms with Gasteiger partial charge in [-0.05, 0) is 66.1 Å². The summed E-state index contributed by atoms with van der Waals surface area (Å²) in [5.41, 5.74) is 12.8. The number of rotatable bonds is 9. The maximum atomic E-state index is 12.7. The number of amides is 1. The molecule has 0 aromatic heterocycles. The van der Waals surface area contributed by atoms with Gasteiger partial charge in [-0.2, -0.15) is 0 Å². The highest BCUT2D eigenvalue weighted by Crippen LogP contribution is 2.24. The molecule has 7 nitrogen and oxygen atoms in total. The van der Waals surface area contributed by atoms with Gasteiger partial charge in [-0.1, -0.05) is 41.9 Å². The van der Waals surface area contributed by atoms with E-state index in [1.165, 1.54) is 16.0 Å². The molecule has 1 heterocycles. The minimum absolute atomic E-state index is 0.153. The Bertz CT molecular complexity index is 1210. The van der Waals surface area contributed by atoms with Crippen LogP contribution in [0.15, 0.2) is 60.7 Å². The normalized spacial score (nSPS) is 13.1. The molecule has 0 spiro atoms. The van der Waals surface area contributed by atoms with E-state index >= 15 is 0 Å². The fourth-order valence-corrected chi connectivity index (χ4v) is 4.50. The van der Waals surface area contributed by atoms with Crippen LogP contribution in [0.4, 0.5) is 11.4 Å². The van der Waals surface area contributed by atoms with Crippen LogP contribution in [0.3, 0.4) is 0 Å². The molecule has 3 aromatic carbocycles. The highest BCUT2D eigenvalue weighted by atomic mass is 35.5. The number of carbonyl (C=O) groups is 1. The van der Waals surface area contributed by atoms with Crippen LogP contribution >= 0.6 is 11.6 Å². The minimum atomic E-state index is -0.252. The molecule has 8 heteroatoms. The molecular weight excluding hydrogens is 460 g/mol. The van der Waals surface area contributed by atoms with Gasteiger partial charge in [0, 0.05) is 37.6 Å². The lowest BCUT2D eigenvalue weighted by molar-refractivity contribution is 0.0951. The van der Waals surface area contributed by atoms with Crippen molar-refractivity contribution in [1.82, 2.24) is 10.2 Å². The van der Waals surface area contributed by atoms with Gasteiger partial charge < -0.3 is 26.2 Å². The Morgan fingerprint density at radius 3 is 2.66 bits per heavy atom. The summed E-state index contributed by atoms with van der Waals surface area (Å²) in [4.78, 5) is 16.6. The van der Waals surface area contributed by atoms with Crippen molar-refractivity contribution in [2.24, 2.45) is 5.73 Å². The van der Waals surface area contributed by atoms with Gasteiger partial charge >= 0.3 is 0 Å². The molecule has 3 aromatic rings. The zero-order valence-electron chi connectivity index (χ0n) is 19.9. The van der Waals surface area contributed by atoms with Crippen LogP contribution in [-0.4, -0.2) is 37.4 Å². The van der Waals surface area contributed by atoms with Gasteiger partial charge in [0.15, 0.2) is 0 Å². The third kappa shape index (κ3) is 6.19. The summed E-state index contributed by atoms with van der Waals surface area (Å²) in [6.45, 7) is 3.35. The van der Waals surface area contributed by atoms with Crippen molar-refractivity contribution in [3.8, 4) is 0 Å². The van der Waals surface area contributed by atoms with Gasteiger partial charge in [0.1, 0.15) is 0 Å². The van der Waals surface area contributed by atoms with Gasteiger partial charge in [-0.25, -0.2) is 0 Å². The Balaban J connectivity index is 1.34. The summed E-state index contributed by atoms with van der Waals surface area (Å²) in [5.74, 6) is -0.252. The van der Waals surface area contributed by atoms with E-state index < -0.39 is 0 Å². The largest absolute Gasteiger partial charge is 0.381 e. The number of hydrogen-bond acceptors (Lipinski definition) is 5. The van der Waals surface area contributed by atoms with Gasteiger partial charge in [-0.15, -0.1) is 0 Å². The van der Waals surface area contributed by atoms with Gasteiger partial charge in [0.05, 0.1) is 23.6 Å². The molecule has 35 heavy (non-hydrogen) atoms. The Hall–Kier alpha value is -3.39. The van der Waals surface area contributed by atoms with E-state index in [2.05, 4.69) is 52.9 Å². The molecule has 1 amide bonds. The highest BCUT2D eigenvalue weighted by molar-refractivity contribution is 6.34. The molecule has 5 N–H and O–H groups in total. The van der Waals surface area contributed by atoms with Crippen LogP contribution in [0.2, 0.25) is 5.02 Å². The van der Waals surface area contributed by atoms with E-state index in [4.69, 9.17) is 22.7 Å². The second-order valence-corrected chi connectivity index (χ2v) is 9.18. The summed E-state index contributed by atoms with van der Waals surface area (Å²) in [5, 5.41) is 14.2. The third-order valence-corrected chi connectivity index (χ3v) is 6.54. The van der Waals surface area contributed by atoms with Crippen LogP contribution in [-0.2, 0) is 26.1 Å². The number of halogens is 1. The number of hydrogen-bond donors (Lipinski definition) is 4. The van der Waals surface area contributed by atoms with E-state index in [1.54, 1.807) is 18.2 Å². The van der Waals surface area contributed by atoms with Crippen molar-refractivity contribution >= 4 is 35.2 Å². The topological polar surface area (TPSA) is 97.5 Å². The van der Waals surface area contributed by atoms with E-state index in [1.807, 2.05) is 12.1 Å². The van der Waals surface area contributed by atoms with Crippen molar-refractivity contribution < 1.29 is 4.79 Å². The predicted octanol–water partition coefficient (Wildman–Crippen LogP) is 4.20. The molecule has 0 saturated carbocycles. The van der Waals surface area contributed by atoms with Crippen molar-refractivity contribution in [2.45, 2.75) is 26.1 Å². The molecule has 1 aliphatic rings. The number of nitrogens with two attached hydrogens (primary N) is 1. The summed E-state index contributed by atoms with van der Waals surface area (Å²) < 4.78 is 0. The van der Waals surface area contributed by atoms with Gasteiger partial charge in [0.2, 0.25) is 0 Å². The van der Waals surface area contributed by atoms with Crippen molar-refractivity contribution in [3.05, 3.63) is 93.5 Å². The summed E-state index contributed by atoms with van der Waals surface area (Å²) in [6, 6.07) is 19.8. The molecule has 0 bridgehead atoms. The lowest BCUT2D eigenvalue weighted by atomic mass is 9.99. The number of nitrogens with zero attached hydrogens (tertiary/aromatic N) is 2. The molecule has 0 atom stereocenters. The zero-order valence-corrected chi connectivity index (χ0v) is 20.6. The summed E-state index contributed by atoms with van der Waals surface area (Å²) in [7, 11) is 2.16. The average Bonchev–Trinajstić information content (AvgIpc) is 2.87. The first-order chi connectivity index (χ1) is 17.0. The fraction of sp³-hybridized carbons (Fsp3) is 0.259. The molecule has 0 unspecified atom stereocenters. The fourth-order valence-electron chi connectivity index (χ4n) is 4.24. The van der Waals surface area contributed by atoms with Crippen LogP contribution < -0.4 is 21.3 Å². The Morgan fingerprint density at radius 1 is 1.11 bits per heavy atom. The number of benzene rings is 3. The lowest BCUT2D eigenvalue weighted by Gasteiger charge is -2.25. The standard InChI is InChI=1S/C27H31ClN6O/c1-33-10-9-21-5-6-23(12-22(21)16-33)31-14-19-3-2-4-20(11-19)15-32-27(35)25-8-7-24(13-26(25)28)34(17-29)18-30/h2-8,11-13,17,29,31H,9-10,14-16,18,30H2,1H3,(H,32,35). The highest BCUT2D eigenvalue weighted by Gasteiger charge is 2.14. The van der Waals surface area contributed by atoms with E-state index in [0.29, 0.717) is 29.4 Å². The van der Waals surface area contributed by atoms with E-state index in [-0.39, 0.29) is 12.6 Å². The summed E-state index contributed by atoms with van der Waals surface area (Å²) >= 11 is 6.33. The van der Waals surface area contributed by atoms with Crippen LogP contribution in [0.5, 0.6) is 0 Å². The predicted molar refractivity (Wildman–Crippen MR) is 143 cm³/mol. The Morgan fingerprint density at radius 2 is 1.91 bits per heavy atom. The van der Waals surface area contributed by atoms with Crippen LogP contribution in [0.1, 0.15) is 32.6 Å². The number of carbonyl (C=O) groups excluding carboxylic acids is 1. The first-order valence-electron chi connectivity index (χ1n) is 11.6. The van der Waals surface area contributed by atoms with Crippen molar-refractivity contribution in [1.29, 1.82) is 5.41 Å². The molecular formula is C27H31ClN6O. The number of nitrogens with one attached hydrogen (secondary N) is 3. The second kappa shape index (κ2) is 11.4. The zero-order chi connectivity index (χ0) is 24.8. The maximum absolute atomic E-state index is 12.7. The lowest BCUT2D eigenvalue weighted by Crippen LogP contribution is -2.28. The molecule has 182 valence electrons. The number of fused-ring (bicyclic) bond motifs is 1. The van der Waals surface area contributed by atoms with Crippen molar-refractivity contribution in [3.63, 3.8) is 0 Å². The monoisotopic (exact) mass is 490 g/mol. The molecule has 0 fully saturated rings. The van der Waals surface area contributed by atoms with Crippen molar-refractivity contribution in [2.75, 3.05) is 30.5 Å². The molecule has 0 radical (unpaired) electrons. The number of likely N-dealkylation sites (N-methyl/N-ethyl adjacent to an activating group) is 1. The summed E-state index contributed by atoms with van der Waals surface area (Å²) in [6.07, 6.45) is 2.22. The smallest absolute Gasteiger partial charge is 0.253 e. The Labute approximate surface area is 211 Å². The molecule has 0 saturated heterocycles.